The summed E-state index contributed by atoms with van der Waals surface area (Å²) < 4.78 is 11.2. The molecule has 2 N–H and O–H groups in total. The molecular formula is C26H28N2O3. The van der Waals surface area contributed by atoms with E-state index in [1.807, 2.05) is 43.3 Å². The monoisotopic (exact) mass is 416 g/mol. The van der Waals surface area contributed by atoms with Crippen molar-refractivity contribution in [3.63, 3.8) is 0 Å². The summed E-state index contributed by atoms with van der Waals surface area (Å²) in [6, 6.07) is 24.2. The van der Waals surface area contributed by atoms with Crippen molar-refractivity contribution in [2.45, 2.75) is 25.9 Å². The second kappa shape index (κ2) is 9.67. The Kier molecular flexibility index (Phi) is 6.53. The van der Waals surface area contributed by atoms with Crippen LogP contribution in [0.3, 0.4) is 0 Å². The SMILES string of the molecule is Cc1ccc([C@@H](NCC(=O)N[C@H](C)c2ccc3c(c2)OCCO3)c2ccccc2)cc1. The maximum absolute atomic E-state index is 12.7. The number of aryl methyl sites for hydroxylation is 1. The number of benzene rings is 3. The number of ether oxygens (including phenoxy) is 2. The van der Waals surface area contributed by atoms with Crippen molar-refractivity contribution in [1.82, 2.24) is 10.6 Å². The minimum Gasteiger partial charge on any atom is -0.486 e. The summed E-state index contributed by atoms with van der Waals surface area (Å²) in [5.74, 6) is 1.42. The molecule has 3 aromatic rings. The number of hydrogen-bond donors (Lipinski definition) is 2. The topological polar surface area (TPSA) is 59.6 Å². The maximum Gasteiger partial charge on any atom is 0.234 e. The highest BCUT2D eigenvalue weighted by Crippen LogP contribution is 2.32. The van der Waals surface area contributed by atoms with Crippen LogP contribution in [0.15, 0.2) is 72.8 Å². The van der Waals surface area contributed by atoms with Gasteiger partial charge in [0.1, 0.15) is 13.2 Å². The van der Waals surface area contributed by atoms with Gasteiger partial charge < -0.3 is 14.8 Å². The lowest BCUT2D eigenvalue weighted by Crippen LogP contribution is -2.37. The number of amides is 1. The lowest BCUT2D eigenvalue weighted by molar-refractivity contribution is -0.121. The maximum atomic E-state index is 12.7. The van der Waals surface area contributed by atoms with Gasteiger partial charge in [-0.05, 0) is 42.7 Å². The second-order valence-electron chi connectivity index (χ2n) is 7.83. The van der Waals surface area contributed by atoms with Gasteiger partial charge >= 0.3 is 0 Å². The zero-order chi connectivity index (χ0) is 21.6. The van der Waals surface area contributed by atoms with Crippen molar-refractivity contribution in [1.29, 1.82) is 0 Å². The third-order valence-corrected chi connectivity index (χ3v) is 5.45. The fraction of sp³-hybridized carbons (Fsp3) is 0.269. The molecule has 0 spiro atoms. The first kappa shape index (κ1) is 20.9. The van der Waals surface area contributed by atoms with Gasteiger partial charge in [-0.1, -0.05) is 66.2 Å². The summed E-state index contributed by atoms with van der Waals surface area (Å²) in [4.78, 5) is 12.7. The molecule has 3 aromatic carbocycles. The van der Waals surface area contributed by atoms with Crippen LogP contribution in [0, 0.1) is 6.92 Å². The fourth-order valence-corrected chi connectivity index (χ4v) is 3.73. The predicted octanol–water partition coefficient (Wildman–Crippen LogP) is 4.32. The largest absolute Gasteiger partial charge is 0.486 e. The number of nitrogens with one attached hydrogen (secondary N) is 2. The lowest BCUT2D eigenvalue weighted by Gasteiger charge is -2.22. The van der Waals surface area contributed by atoms with Gasteiger partial charge in [-0.15, -0.1) is 0 Å². The van der Waals surface area contributed by atoms with Crippen LogP contribution in [0.4, 0.5) is 0 Å². The molecule has 4 rings (SSSR count). The first-order chi connectivity index (χ1) is 15.1. The van der Waals surface area contributed by atoms with Crippen LogP contribution in [0.2, 0.25) is 0 Å². The summed E-state index contributed by atoms with van der Waals surface area (Å²) in [5.41, 5.74) is 4.45. The quantitative estimate of drug-likeness (QED) is 0.602. The van der Waals surface area contributed by atoms with E-state index in [9.17, 15) is 4.79 Å². The Labute approximate surface area is 183 Å². The molecule has 0 aliphatic carbocycles. The molecule has 5 nitrogen and oxygen atoms in total. The molecule has 1 amide bonds. The van der Waals surface area contributed by atoms with E-state index in [-0.39, 0.29) is 24.5 Å². The van der Waals surface area contributed by atoms with Crippen molar-refractivity contribution in [2.24, 2.45) is 0 Å². The van der Waals surface area contributed by atoms with Crippen LogP contribution in [-0.2, 0) is 4.79 Å². The molecule has 0 saturated carbocycles. The smallest absolute Gasteiger partial charge is 0.234 e. The summed E-state index contributed by atoms with van der Waals surface area (Å²) >= 11 is 0. The molecule has 0 unspecified atom stereocenters. The summed E-state index contributed by atoms with van der Waals surface area (Å²) in [5, 5.41) is 6.49. The Balaban J connectivity index is 1.41. The highest BCUT2D eigenvalue weighted by molar-refractivity contribution is 5.78. The van der Waals surface area contributed by atoms with Crippen LogP contribution in [-0.4, -0.2) is 25.7 Å². The Morgan fingerprint density at radius 2 is 1.52 bits per heavy atom. The molecule has 1 heterocycles. The van der Waals surface area contributed by atoms with Crippen molar-refractivity contribution in [3.05, 3.63) is 95.1 Å². The number of carbonyl (C=O) groups is 1. The van der Waals surface area contributed by atoms with Crippen LogP contribution in [0.25, 0.3) is 0 Å². The molecule has 0 saturated heterocycles. The highest BCUT2D eigenvalue weighted by Gasteiger charge is 2.18. The van der Waals surface area contributed by atoms with Crippen molar-refractivity contribution in [3.8, 4) is 11.5 Å². The summed E-state index contributed by atoms with van der Waals surface area (Å²) in [7, 11) is 0. The van der Waals surface area contributed by atoms with E-state index in [0.717, 1.165) is 28.2 Å². The molecule has 0 radical (unpaired) electrons. The Morgan fingerprint density at radius 3 is 2.26 bits per heavy atom. The molecule has 2 atom stereocenters. The number of hydrogen-bond acceptors (Lipinski definition) is 4. The second-order valence-corrected chi connectivity index (χ2v) is 7.83. The van der Waals surface area contributed by atoms with E-state index < -0.39 is 0 Å². The molecule has 1 aliphatic heterocycles. The number of carbonyl (C=O) groups excluding carboxylic acids is 1. The lowest BCUT2D eigenvalue weighted by atomic mass is 9.98. The minimum atomic E-state index is -0.139. The highest BCUT2D eigenvalue weighted by atomic mass is 16.6. The first-order valence-corrected chi connectivity index (χ1v) is 10.6. The van der Waals surface area contributed by atoms with E-state index in [2.05, 4.69) is 54.0 Å². The Hall–Kier alpha value is -3.31. The molecule has 0 bridgehead atoms. The van der Waals surface area contributed by atoms with E-state index in [1.165, 1.54) is 5.56 Å². The number of fused-ring (bicyclic) bond motifs is 1. The third kappa shape index (κ3) is 5.25. The Morgan fingerprint density at radius 1 is 0.871 bits per heavy atom. The predicted molar refractivity (Wildman–Crippen MR) is 121 cm³/mol. The van der Waals surface area contributed by atoms with Gasteiger partial charge in [0.15, 0.2) is 11.5 Å². The molecular weight excluding hydrogens is 388 g/mol. The van der Waals surface area contributed by atoms with Gasteiger partial charge in [0.05, 0.1) is 18.6 Å². The van der Waals surface area contributed by atoms with Crippen molar-refractivity contribution < 1.29 is 14.3 Å². The van der Waals surface area contributed by atoms with Crippen LogP contribution < -0.4 is 20.1 Å². The van der Waals surface area contributed by atoms with Gasteiger partial charge in [0.2, 0.25) is 5.91 Å². The van der Waals surface area contributed by atoms with Gasteiger partial charge in [0, 0.05) is 0 Å². The van der Waals surface area contributed by atoms with E-state index in [4.69, 9.17) is 9.47 Å². The average molecular weight is 417 g/mol. The standard InChI is InChI=1S/C26H28N2O3/c1-18-8-10-21(11-9-18)26(20-6-4-3-5-7-20)27-17-25(29)28-19(2)22-12-13-23-24(16-22)31-15-14-30-23/h3-13,16,19,26-27H,14-15,17H2,1-2H3,(H,28,29)/t19-,26+/m1/s1. The van der Waals surface area contributed by atoms with Crippen LogP contribution in [0.1, 0.15) is 41.3 Å². The summed E-state index contributed by atoms with van der Waals surface area (Å²) in [6.07, 6.45) is 0. The van der Waals surface area contributed by atoms with Crippen molar-refractivity contribution in [2.75, 3.05) is 19.8 Å². The zero-order valence-electron chi connectivity index (χ0n) is 17.9. The fourth-order valence-electron chi connectivity index (χ4n) is 3.73. The molecule has 31 heavy (non-hydrogen) atoms. The van der Waals surface area contributed by atoms with Gasteiger partial charge in [0.25, 0.3) is 0 Å². The van der Waals surface area contributed by atoms with E-state index >= 15 is 0 Å². The summed E-state index contributed by atoms with van der Waals surface area (Å²) in [6.45, 7) is 5.36. The molecule has 0 fully saturated rings. The first-order valence-electron chi connectivity index (χ1n) is 10.6. The van der Waals surface area contributed by atoms with Gasteiger partial charge in [-0.25, -0.2) is 0 Å². The van der Waals surface area contributed by atoms with Crippen LogP contribution >= 0.6 is 0 Å². The van der Waals surface area contributed by atoms with Gasteiger partial charge in [-0.2, -0.15) is 0 Å². The Bertz CT molecular complexity index is 1020. The molecule has 5 heteroatoms. The molecule has 1 aliphatic rings. The zero-order valence-corrected chi connectivity index (χ0v) is 17.9. The average Bonchev–Trinajstić information content (AvgIpc) is 2.80. The van der Waals surface area contributed by atoms with E-state index in [0.29, 0.717) is 13.2 Å². The minimum absolute atomic E-state index is 0.0582. The van der Waals surface area contributed by atoms with Crippen LogP contribution in [0.5, 0.6) is 11.5 Å². The normalized spacial score (nSPS) is 14.5. The molecule has 0 aromatic heterocycles. The van der Waals surface area contributed by atoms with Gasteiger partial charge in [-0.3, -0.25) is 10.1 Å². The van der Waals surface area contributed by atoms with E-state index in [1.54, 1.807) is 0 Å². The number of rotatable bonds is 7. The molecule has 160 valence electrons. The third-order valence-electron chi connectivity index (χ3n) is 5.45. The van der Waals surface area contributed by atoms with Crippen molar-refractivity contribution >= 4 is 5.91 Å².